The van der Waals surface area contributed by atoms with Gasteiger partial charge in [-0.05, 0) is 43.4 Å². The van der Waals surface area contributed by atoms with Crippen molar-refractivity contribution in [1.82, 2.24) is 5.48 Å². The van der Waals surface area contributed by atoms with Gasteiger partial charge in [0.15, 0.2) is 6.79 Å². The van der Waals surface area contributed by atoms with E-state index in [4.69, 9.17) is 14.7 Å². The fourth-order valence-electron chi connectivity index (χ4n) is 2.76. The molecule has 1 fully saturated rings. The number of aliphatic hydroxyl groups excluding tert-OH is 1. The van der Waals surface area contributed by atoms with Gasteiger partial charge in [0.25, 0.3) is 0 Å². The second-order valence-corrected chi connectivity index (χ2v) is 6.46. The number of hydroxylamine groups is 1. The Morgan fingerprint density at radius 1 is 1.29 bits per heavy atom. The lowest BCUT2D eigenvalue weighted by atomic mass is 9.81. The van der Waals surface area contributed by atoms with E-state index >= 15 is 0 Å². The van der Waals surface area contributed by atoms with E-state index in [1.54, 1.807) is 0 Å². The van der Waals surface area contributed by atoms with Crippen molar-refractivity contribution in [3.05, 3.63) is 12.3 Å². The molecule has 1 aliphatic rings. The molecule has 0 radical (unpaired) electrons. The zero-order valence-electron chi connectivity index (χ0n) is 13.8. The predicted octanol–water partition coefficient (Wildman–Crippen LogP) is 3.62. The summed E-state index contributed by atoms with van der Waals surface area (Å²) in [6.45, 7) is 9.48. The van der Waals surface area contributed by atoms with Crippen LogP contribution in [0.4, 0.5) is 0 Å². The van der Waals surface area contributed by atoms with Crippen molar-refractivity contribution in [2.75, 3.05) is 20.0 Å². The molecule has 0 saturated heterocycles. The second kappa shape index (κ2) is 11.0. The lowest BCUT2D eigenvalue weighted by Gasteiger charge is -2.27. The van der Waals surface area contributed by atoms with E-state index in [2.05, 4.69) is 19.0 Å². The summed E-state index contributed by atoms with van der Waals surface area (Å²) in [7, 11) is 0. The van der Waals surface area contributed by atoms with Crippen LogP contribution < -0.4 is 5.48 Å². The van der Waals surface area contributed by atoms with E-state index in [9.17, 15) is 0 Å². The Hall–Kier alpha value is -0.580. The highest BCUT2D eigenvalue weighted by atomic mass is 16.8. The number of aliphatic hydroxyl groups is 1. The molecule has 4 heteroatoms. The molecular weight excluding hydrogens is 266 g/mol. The molecule has 21 heavy (non-hydrogen) atoms. The third kappa shape index (κ3) is 8.44. The van der Waals surface area contributed by atoms with Crippen LogP contribution in [-0.4, -0.2) is 25.1 Å². The molecule has 1 saturated carbocycles. The van der Waals surface area contributed by atoms with E-state index < -0.39 is 0 Å². The maximum absolute atomic E-state index is 8.95. The van der Waals surface area contributed by atoms with Gasteiger partial charge in [0.2, 0.25) is 0 Å². The lowest BCUT2D eigenvalue weighted by molar-refractivity contribution is -0.101. The zero-order chi connectivity index (χ0) is 15.5. The Bertz CT molecular complexity index is 275. The lowest BCUT2D eigenvalue weighted by Crippen LogP contribution is -2.21. The summed E-state index contributed by atoms with van der Waals surface area (Å²) in [6.07, 6.45) is 8.32. The minimum atomic E-state index is 0.220. The largest absolute Gasteiger partial charge is 0.396 e. The van der Waals surface area contributed by atoms with Crippen LogP contribution >= 0.6 is 0 Å². The summed E-state index contributed by atoms with van der Waals surface area (Å²) in [5.41, 5.74) is 3.65. The fourth-order valence-corrected chi connectivity index (χ4v) is 2.76. The van der Waals surface area contributed by atoms with Gasteiger partial charge in [-0.25, -0.2) is 4.84 Å². The van der Waals surface area contributed by atoms with Crippen molar-refractivity contribution in [3.63, 3.8) is 0 Å². The smallest absolute Gasteiger partial charge is 0.173 e. The first-order chi connectivity index (χ1) is 10.2. The van der Waals surface area contributed by atoms with Gasteiger partial charge in [-0.3, -0.25) is 5.48 Å². The van der Waals surface area contributed by atoms with Gasteiger partial charge >= 0.3 is 0 Å². The molecule has 2 N–H and O–H groups in total. The van der Waals surface area contributed by atoms with E-state index in [1.807, 2.05) is 6.92 Å². The number of hydrogen-bond acceptors (Lipinski definition) is 4. The van der Waals surface area contributed by atoms with Crippen LogP contribution in [0.15, 0.2) is 12.3 Å². The van der Waals surface area contributed by atoms with Gasteiger partial charge in [-0.1, -0.05) is 39.7 Å². The maximum Gasteiger partial charge on any atom is 0.173 e. The van der Waals surface area contributed by atoms with Crippen molar-refractivity contribution in [2.24, 2.45) is 17.8 Å². The van der Waals surface area contributed by atoms with Gasteiger partial charge < -0.3 is 9.84 Å². The zero-order valence-corrected chi connectivity index (χ0v) is 13.8. The third-order valence-electron chi connectivity index (χ3n) is 4.51. The van der Waals surface area contributed by atoms with Crippen LogP contribution in [-0.2, 0) is 9.57 Å². The van der Waals surface area contributed by atoms with E-state index in [-0.39, 0.29) is 13.4 Å². The normalized spacial score (nSPS) is 23.8. The van der Waals surface area contributed by atoms with Gasteiger partial charge in [0, 0.05) is 12.3 Å². The third-order valence-corrected chi connectivity index (χ3v) is 4.51. The number of allylic oxidation sites excluding steroid dienone is 1. The molecule has 0 aromatic carbocycles. The summed E-state index contributed by atoms with van der Waals surface area (Å²) in [5, 5.41) is 8.95. The standard InChI is InChI=1S/C17H33NO3/c1-4-16-7-9-17(10-8-16)12-20-13-21-18-15(3)6-5-14(2)11-19/h14,16-19H,3-13H2,1-2H3. The Morgan fingerprint density at radius 2 is 1.95 bits per heavy atom. The summed E-state index contributed by atoms with van der Waals surface area (Å²) < 4.78 is 5.57. The van der Waals surface area contributed by atoms with Crippen molar-refractivity contribution in [2.45, 2.75) is 58.8 Å². The van der Waals surface area contributed by atoms with E-state index in [0.717, 1.165) is 31.1 Å². The fraction of sp³-hybridized carbons (Fsp3) is 0.882. The average molecular weight is 299 g/mol. The molecule has 1 atom stereocenters. The summed E-state index contributed by atoms with van der Waals surface area (Å²) in [6, 6.07) is 0. The Morgan fingerprint density at radius 3 is 2.57 bits per heavy atom. The predicted molar refractivity (Wildman–Crippen MR) is 85.4 cm³/mol. The number of rotatable bonds is 11. The van der Waals surface area contributed by atoms with Gasteiger partial charge in [0.1, 0.15) is 0 Å². The highest BCUT2D eigenvalue weighted by Gasteiger charge is 2.19. The van der Waals surface area contributed by atoms with Crippen molar-refractivity contribution < 1.29 is 14.7 Å². The molecule has 0 amide bonds. The van der Waals surface area contributed by atoms with Gasteiger partial charge in [0.05, 0.1) is 6.61 Å². The average Bonchev–Trinajstić information content (AvgIpc) is 2.52. The quantitative estimate of drug-likeness (QED) is 0.347. The molecule has 124 valence electrons. The Balaban J connectivity index is 1.94. The van der Waals surface area contributed by atoms with Crippen molar-refractivity contribution in [1.29, 1.82) is 0 Å². The molecule has 4 nitrogen and oxygen atoms in total. The molecule has 0 aliphatic heterocycles. The highest BCUT2D eigenvalue weighted by molar-refractivity contribution is 4.87. The molecule has 1 rings (SSSR count). The molecule has 0 aromatic rings. The molecule has 0 spiro atoms. The Labute approximate surface area is 129 Å². The van der Waals surface area contributed by atoms with Crippen LogP contribution in [0.25, 0.3) is 0 Å². The van der Waals surface area contributed by atoms with Crippen molar-refractivity contribution in [3.8, 4) is 0 Å². The molecule has 0 bridgehead atoms. The van der Waals surface area contributed by atoms with Crippen LogP contribution in [0.1, 0.15) is 58.8 Å². The Kier molecular flexibility index (Phi) is 9.72. The number of ether oxygens (including phenoxy) is 1. The van der Waals surface area contributed by atoms with Gasteiger partial charge in [-0.2, -0.15) is 0 Å². The van der Waals surface area contributed by atoms with Crippen LogP contribution in [0, 0.1) is 17.8 Å². The van der Waals surface area contributed by atoms with Crippen molar-refractivity contribution >= 4 is 0 Å². The summed E-state index contributed by atoms with van der Waals surface area (Å²) >= 11 is 0. The number of nitrogens with one attached hydrogen (secondary N) is 1. The van der Waals surface area contributed by atoms with E-state index in [1.165, 1.54) is 32.1 Å². The van der Waals surface area contributed by atoms with E-state index in [0.29, 0.717) is 11.8 Å². The monoisotopic (exact) mass is 299 g/mol. The highest BCUT2D eigenvalue weighted by Crippen LogP contribution is 2.30. The first kappa shape index (κ1) is 18.5. The minimum Gasteiger partial charge on any atom is -0.396 e. The molecule has 0 aromatic heterocycles. The molecule has 1 unspecified atom stereocenters. The van der Waals surface area contributed by atoms with Crippen LogP contribution in [0.3, 0.4) is 0 Å². The number of hydrogen-bond donors (Lipinski definition) is 2. The summed E-state index contributed by atoms with van der Waals surface area (Å²) in [5.74, 6) is 1.94. The SMILES string of the molecule is C=C(CCC(C)CO)NOCOCC1CCC(CC)CC1. The van der Waals surface area contributed by atoms with Crippen LogP contribution in [0.2, 0.25) is 0 Å². The first-order valence-corrected chi connectivity index (χ1v) is 8.39. The maximum atomic E-state index is 8.95. The second-order valence-electron chi connectivity index (χ2n) is 6.46. The van der Waals surface area contributed by atoms with Gasteiger partial charge in [-0.15, -0.1) is 0 Å². The summed E-state index contributed by atoms with van der Waals surface area (Å²) in [4.78, 5) is 5.26. The molecular formula is C17H33NO3. The molecule has 1 aliphatic carbocycles. The minimum absolute atomic E-state index is 0.220. The molecule has 0 heterocycles. The van der Waals surface area contributed by atoms with Crippen LogP contribution in [0.5, 0.6) is 0 Å². The topological polar surface area (TPSA) is 50.7 Å². The first-order valence-electron chi connectivity index (χ1n) is 8.39.